The zero-order valence-electron chi connectivity index (χ0n) is 9.17. The van der Waals surface area contributed by atoms with Crippen molar-refractivity contribution in [1.82, 2.24) is 15.0 Å². The fraction of sp³-hybridized carbons (Fsp3) is 0.182. The molecule has 0 unspecified atom stereocenters. The lowest BCUT2D eigenvalue weighted by atomic mass is 10.4. The number of rotatable bonds is 3. The van der Waals surface area contributed by atoms with Crippen molar-refractivity contribution in [3.05, 3.63) is 24.4 Å². The van der Waals surface area contributed by atoms with E-state index in [9.17, 15) is 0 Å². The Balaban J connectivity index is 0.00000144. The Morgan fingerprint density at radius 3 is 2.76 bits per heavy atom. The summed E-state index contributed by atoms with van der Waals surface area (Å²) < 4.78 is 0. The highest BCUT2D eigenvalue weighted by Gasteiger charge is 2.08. The van der Waals surface area contributed by atoms with Gasteiger partial charge in [0.15, 0.2) is 0 Å². The molecule has 88 valence electrons. The summed E-state index contributed by atoms with van der Waals surface area (Å²) in [6.07, 6.45) is 10.2. The minimum atomic E-state index is 0. The molecule has 17 heavy (non-hydrogen) atoms. The standard InChI is InChI=1S/C11H10N4S.ClH/c1-3-4-14-10-8(2)15-11(16-10)9-5-12-7-13-6-9;/h1,5-7,14H,4H2,2H3;1H. The summed E-state index contributed by atoms with van der Waals surface area (Å²) in [7, 11) is 0. The third-order valence-corrected chi connectivity index (χ3v) is 3.12. The number of hydrogen-bond donors (Lipinski definition) is 1. The first-order chi connectivity index (χ1) is 7.81. The fourth-order valence-corrected chi connectivity index (χ4v) is 2.16. The van der Waals surface area contributed by atoms with Crippen molar-refractivity contribution in [3.63, 3.8) is 0 Å². The number of halogens is 1. The number of aromatic nitrogens is 3. The Bertz CT molecular complexity index is 518. The SMILES string of the molecule is C#CCNc1sc(-c2cncnc2)nc1C.Cl. The van der Waals surface area contributed by atoms with Crippen LogP contribution in [0.1, 0.15) is 5.69 Å². The van der Waals surface area contributed by atoms with Gasteiger partial charge < -0.3 is 5.32 Å². The number of hydrogen-bond acceptors (Lipinski definition) is 5. The molecule has 0 aliphatic carbocycles. The summed E-state index contributed by atoms with van der Waals surface area (Å²) in [6.45, 7) is 2.45. The first-order valence-electron chi connectivity index (χ1n) is 4.71. The normalized spacial score (nSPS) is 9.18. The number of aryl methyl sites for hydroxylation is 1. The second-order valence-electron chi connectivity index (χ2n) is 3.12. The molecule has 4 nitrogen and oxygen atoms in total. The Labute approximate surface area is 110 Å². The maximum absolute atomic E-state index is 5.20. The molecule has 2 aromatic rings. The molecule has 2 heterocycles. The monoisotopic (exact) mass is 266 g/mol. The second kappa shape index (κ2) is 6.18. The summed E-state index contributed by atoms with van der Waals surface area (Å²) in [5.41, 5.74) is 1.86. The van der Waals surface area contributed by atoms with Crippen LogP contribution >= 0.6 is 23.7 Å². The van der Waals surface area contributed by atoms with Crippen molar-refractivity contribution in [2.24, 2.45) is 0 Å². The van der Waals surface area contributed by atoms with E-state index in [1.165, 1.54) is 6.33 Å². The van der Waals surface area contributed by atoms with Gasteiger partial charge in [0.05, 0.1) is 12.2 Å². The molecule has 0 aliphatic heterocycles. The van der Waals surface area contributed by atoms with Crippen LogP contribution in [0.5, 0.6) is 0 Å². The van der Waals surface area contributed by atoms with E-state index in [0.717, 1.165) is 21.3 Å². The van der Waals surface area contributed by atoms with E-state index in [0.29, 0.717) is 6.54 Å². The van der Waals surface area contributed by atoms with Crippen LogP contribution in [-0.2, 0) is 0 Å². The number of thiazole rings is 1. The fourth-order valence-electron chi connectivity index (χ4n) is 1.22. The molecule has 0 saturated carbocycles. The molecule has 0 saturated heterocycles. The molecule has 1 N–H and O–H groups in total. The lowest BCUT2D eigenvalue weighted by molar-refractivity contribution is 1.16. The summed E-state index contributed by atoms with van der Waals surface area (Å²) in [4.78, 5) is 12.4. The van der Waals surface area contributed by atoms with E-state index in [2.05, 4.69) is 26.2 Å². The van der Waals surface area contributed by atoms with E-state index in [1.54, 1.807) is 23.7 Å². The van der Waals surface area contributed by atoms with Gasteiger partial charge in [-0.2, -0.15) is 0 Å². The van der Waals surface area contributed by atoms with Crippen molar-refractivity contribution >= 4 is 28.7 Å². The van der Waals surface area contributed by atoms with E-state index in [-0.39, 0.29) is 12.4 Å². The van der Waals surface area contributed by atoms with Gasteiger partial charge in [-0.05, 0) is 6.92 Å². The molecule has 0 amide bonds. The molecule has 0 spiro atoms. The van der Waals surface area contributed by atoms with Crippen LogP contribution < -0.4 is 5.32 Å². The molecular formula is C11H11ClN4S. The number of anilines is 1. The van der Waals surface area contributed by atoms with Crippen LogP contribution in [0.4, 0.5) is 5.00 Å². The zero-order chi connectivity index (χ0) is 11.4. The highest BCUT2D eigenvalue weighted by molar-refractivity contribution is 7.19. The first-order valence-corrected chi connectivity index (χ1v) is 5.53. The highest BCUT2D eigenvalue weighted by atomic mass is 35.5. The average molecular weight is 267 g/mol. The minimum Gasteiger partial charge on any atom is -0.364 e. The van der Waals surface area contributed by atoms with Gasteiger partial charge in [0.1, 0.15) is 16.3 Å². The number of terminal acetylenes is 1. The lowest BCUT2D eigenvalue weighted by Crippen LogP contribution is -1.96. The Morgan fingerprint density at radius 1 is 1.41 bits per heavy atom. The molecular weight excluding hydrogens is 256 g/mol. The van der Waals surface area contributed by atoms with Crippen LogP contribution in [0.15, 0.2) is 18.7 Å². The molecule has 0 atom stereocenters. The molecule has 2 rings (SSSR count). The van der Waals surface area contributed by atoms with Gasteiger partial charge in [-0.25, -0.2) is 15.0 Å². The predicted octanol–water partition coefficient (Wildman–Crippen LogP) is 2.38. The van der Waals surface area contributed by atoms with Crippen LogP contribution in [0, 0.1) is 19.3 Å². The average Bonchev–Trinajstić information content (AvgIpc) is 2.69. The van der Waals surface area contributed by atoms with E-state index >= 15 is 0 Å². The molecule has 6 heteroatoms. The molecule has 0 bridgehead atoms. The molecule has 0 fully saturated rings. The van der Waals surface area contributed by atoms with Crippen molar-refractivity contribution in [3.8, 4) is 22.9 Å². The third kappa shape index (κ3) is 3.16. The number of nitrogens with zero attached hydrogens (tertiary/aromatic N) is 3. The minimum absolute atomic E-state index is 0. The van der Waals surface area contributed by atoms with Crippen LogP contribution in [0.3, 0.4) is 0 Å². The lowest BCUT2D eigenvalue weighted by Gasteiger charge is -1.96. The Hall–Kier alpha value is -1.64. The van der Waals surface area contributed by atoms with Crippen molar-refractivity contribution < 1.29 is 0 Å². The second-order valence-corrected chi connectivity index (χ2v) is 4.12. The summed E-state index contributed by atoms with van der Waals surface area (Å²) in [5, 5.41) is 5.03. The molecule has 0 aromatic carbocycles. The third-order valence-electron chi connectivity index (χ3n) is 1.96. The summed E-state index contributed by atoms with van der Waals surface area (Å²) >= 11 is 1.55. The van der Waals surface area contributed by atoms with E-state index < -0.39 is 0 Å². The maximum atomic E-state index is 5.20. The van der Waals surface area contributed by atoms with E-state index in [4.69, 9.17) is 6.42 Å². The molecule has 0 radical (unpaired) electrons. The Morgan fingerprint density at radius 2 is 2.12 bits per heavy atom. The largest absolute Gasteiger partial charge is 0.364 e. The summed E-state index contributed by atoms with van der Waals surface area (Å²) in [5.74, 6) is 2.54. The Kier molecular flexibility index (Phi) is 4.88. The van der Waals surface area contributed by atoms with Crippen LogP contribution in [0.2, 0.25) is 0 Å². The quantitative estimate of drug-likeness (QED) is 0.867. The van der Waals surface area contributed by atoms with Gasteiger partial charge >= 0.3 is 0 Å². The number of nitrogens with one attached hydrogen (secondary N) is 1. The summed E-state index contributed by atoms with van der Waals surface area (Å²) in [6, 6.07) is 0. The van der Waals surface area contributed by atoms with Gasteiger partial charge in [-0.3, -0.25) is 0 Å². The van der Waals surface area contributed by atoms with Crippen LogP contribution in [0.25, 0.3) is 10.6 Å². The van der Waals surface area contributed by atoms with Crippen molar-refractivity contribution in [1.29, 1.82) is 0 Å². The molecule has 2 aromatic heterocycles. The van der Waals surface area contributed by atoms with Gasteiger partial charge in [-0.15, -0.1) is 18.8 Å². The highest BCUT2D eigenvalue weighted by Crippen LogP contribution is 2.30. The van der Waals surface area contributed by atoms with Gasteiger partial charge in [0.2, 0.25) is 0 Å². The maximum Gasteiger partial charge on any atom is 0.128 e. The van der Waals surface area contributed by atoms with Crippen molar-refractivity contribution in [2.75, 3.05) is 11.9 Å². The molecule has 0 aliphatic rings. The van der Waals surface area contributed by atoms with Gasteiger partial charge in [-0.1, -0.05) is 17.3 Å². The first kappa shape index (κ1) is 13.4. The topological polar surface area (TPSA) is 50.7 Å². The van der Waals surface area contributed by atoms with E-state index in [1.807, 2.05) is 6.92 Å². The van der Waals surface area contributed by atoms with Crippen LogP contribution in [-0.4, -0.2) is 21.5 Å². The smallest absolute Gasteiger partial charge is 0.128 e. The predicted molar refractivity (Wildman–Crippen MR) is 72.4 cm³/mol. The van der Waals surface area contributed by atoms with Crippen molar-refractivity contribution in [2.45, 2.75) is 6.92 Å². The van der Waals surface area contributed by atoms with Gasteiger partial charge in [0, 0.05) is 18.0 Å². The van der Waals surface area contributed by atoms with Gasteiger partial charge in [0.25, 0.3) is 0 Å². The zero-order valence-corrected chi connectivity index (χ0v) is 10.8.